The standard InChI is InChI=1S/C30H36N3O3P.C24H27O5P.C23H19O3P.C21H21O3P.C18H15O3P/c1-2-20-31(19-1)25-7-13-28(14-8-25)34-37(35-29-15-9-26(10-16-29)32-21-3-4-22-32)36-30-17-11-27(12-18-30)33-23-5-6-24-33;1-16-7-10-20(13-19(16)4)27-30(28-21-11-8-17(2)23(14-21)25-5)29-22-12-9-18(3)24(15-22)26-6;1-2-8-18(9-3-1)24-27-25-19-10-4-6-16-12-14-23(21(16)19)15-13-17-7-5-11-20(26-27)22(17)23;1-16-4-10-19(11-5-16)22-25(23-20-12-6-17(2)7-13-20)24-21-14-8-18(3)9-15-21;1-4-10-16(11-5-1)19-22(20-17-12-6-2-7-13-17)21-18-14-8-3-9-15-18/h7-18H,1-6,19-24H2;7-15H,1-6H3;1-11H,12-15H2;4-15H,1-3H3;1-15H. The number of rotatable bonds is 31. The zero-order chi connectivity index (χ0) is 97.1. The molecule has 2 aliphatic carbocycles. The molecule has 0 amide bonds. The molecule has 0 unspecified atom stereocenters. The molecule has 0 aromatic heterocycles. The van der Waals surface area contributed by atoms with E-state index in [9.17, 15) is 0 Å². The van der Waals surface area contributed by atoms with Gasteiger partial charge in [0.25, 0.3) is 0 Å². The van der Waals surface area contributed by atoms with E-state index in [2.05, 4.69) is 94.4 Å². The highest BCUT2D eigenvalue weighted by Crippen LogP contribution is 2.62. The maximum absolute atomic E-state index is 6.36. The molecule has 0 atom stereocenters. The molecule has 4 aliphatic heterocycles. The lowest BCUT2D eigenvalue weighted by Gasteiger charge is -2.33. The van der Waals surface area contributed by atoms with Crippen LogP contribution in [0.15, 0.2) is 358 Å². The Labute approximate surface area is 835 Å². The van der Waals surface area contributed by atoms with Crippen LogP contribution < -0.4 is 92.0 Å². The van der Waals surface area contributed by atoms with E-state index < -0.39 is 43.0 Å². The number of methoxy groups -OCH3 is 2. The van der Waals surface area contributed by atoms with Crippen molar-refractivity contribution in [2.24, 2.45) is 0 Å². The summed E-state index contributed by atoms with van der Waals surface area (Å²) in [5.74, 6) is 12.5. The molecule has 0 N–H and O–H groups in total. The molecular formula is C116H118N3O17P5. The number of aryl methyl sites for hydroxylation is 9. The second kappa shape index (κ2) is 49.0. The highest BCUT2D eigenvalue weighted by molar-refractivity contribution is 7.44. The van der Waals surface area contributed by atoms with Crippen molar-refractivity contribution >= 4 is 60.1 Å². The minimum absolute atomic E-state index is 0.0338. The largest absolute Gasteiger partial charge is 0.530 e. The van der Waals surface area contributed by atoms with E-state index in [0.717, 1.165) is 145 Å². The summed E-state index contributed by atoms with van der Waals surface area (Å²) in [4.78, 5) is 7.26. The predicted octanol–water partition coefficient (Wildman–Crippen LogP) is 31.7. The lowest BCUT2D eigenvalue weighted by Crippen LogP contribution is -2.24. The Balaban J connectivity index is 0.000000123. The monoisotopic (exact) mass is 1980 g/mol. The van der Waals surface area contributed by atoms with Gasteiger partial charge in [0.15, 0.2) is 0 Å². The fraction of sp³-hybridized carbons (Fsp3) is 0.224. The first-order valence-corrected chi connectivity index (χ1v) is 53.3. The van der Waals surface area contributed by atoms with Crippen LogP contribution in [-0.2, 0) is 18.3 Å². The van der Waals surface area contributed by atoms with Gasteiger partial charge in [-0.2, -0.15) is 0 Å². The zero-order valence-corrected chi connectivity index (χ0v) is 85.4. The van der Waals surface area contributed by atoms with Gasteiger partial charge in [-0.25, -0.2) is 0 Å². The molecule has 0 saturated carbocycles. The van der Waals surface area contributed by atoms with E-state index in [-0.39, 0.29) is 5.41 Å². The normalized spacial score (nSPS) is 13.9. The average Bonchev–Trinajstić information content (AvgIpc) is 1.55. The van der Waals surface area contributed by atoms with Gasteiger partial charge in [-0.15, -0.1) is 0 Å². The third-order valence-corrected chi connectivity index (χ3v) is 30.1. The van der Waals surface area contributed by atoms with Gasteiger partial charge < -0.3 is 92.0 Å². The number of hydrogen-bond acceptors (Lipinski definition) is 20. The molecule has 4 heterocycles. The SMILES string of the molecule is COc1cc(OP(Oc2ccc(C)c(C)c2)Oc2ccc(C)c(OC)c2)ccc1C.Cc1ccc(OP(Oc2ccc(C)cc2)Oc2ccc(C)cc2)cc1.c1cc(N2CCCC2)ccc1OP(Oc1ccc(N2CCCC2)cc1)Oc1ccc(N2CCCC2)cc1.c1ccc(OP(Oc2ccccc2)Oc2ccccc2)cc1.c1ccc(OP2Oc3cccc4c3C3(CC4)CCc4cccc(c43)O2)cc1. The fourth-order valence-electron chi connectivity index (χ4n) is 17.1. The summed E-state index contributed by atoms with van der Waals surface area (Å²) in [6.45, 7) is 20.9. The van der Waals surface area contributed by atoms with E-state index >= 15 is 0 Å². The Hall–Kier alpha value is -13.6. The number of benzene rings is 15. The summed E-state index contributed by atoms with van der Waals surface area (Å²) in [7, 11) is -4.98. The zero-order valence-electron chi connectivity index (χ0n) is 80.9. The maximum Gasteiger partial charge on any atom is 0.530 e. The van der Waals surface area contributed by atoms with Crippen molar-refractivity contribution in [3.63, 3.8) is 0 Å². The Kier molecular flexibility index (Phi) is 34.4. The van der Waals surface area contributed by atoms with Gasteiger partial charge in [0.2, 0.25) is 0 Å². The van der Waals surface area contributed by atoms with Gasteiger partial charge in [0, 0.05) is 85.0 Å². The highest BCUT2D eigenvalue weighted by atomic mass is 31.2. The topological polar surface area (TPSA) is 167 Å². The predicted molar refractivity (Wildman–Crippen MR) is 569 cm³/mol. The Bertz CT molecular complexity index is 5980. The number of hydrogen-bond donors (Lipinski definition) is 0. The van der Waals surface area contributed by atoms with Gasteiger partial charge in [-0.3, -0.25) is 0 Å². The smallest absolute Gasteiger partial charge is 0.496 e. The molecule has 3 saturated heterocycles. The minimum atomic E-state index is -1.78. The van der Waals surface area contributed by atoms with Crippen molar-refractivity contribution in [2.45, 2.75) is 118 Å². The first-order valence-electron chi connectivity index (χ1n) is 47.8. The van der Waals surface area contributed by atoms with Crippen molar-refractivity contribution in [3.05, 3.63) is 419 Å². The van der Waals surface area contributed by atoms with Crippen molar-refractivity contribution in [3.8, 4) is 97.7 Å². The molecule has 0 radical (unpaired) electrons. The van der Waals surface area contributed by atoms with Crippen LogP contribution in [0.3, 0.4) is 0 Å². The first-order chi connectivity index (χ1) is 69.0. The summed E-state index contributed by atoms with van der Waals surface area (Å²) in [5, 5.41) is 0. The number of para-hydroxylation sites is 4. The Morgan fingerprint density at radius 1 is 0.248 bits per heavy atom. The van der Waals surface area contributed by atoms with Crippen LogP contribution in [0.25, 0.3) is 0 Å². The molecule has 141 heavy (non-hydrogen) atoms. The highest BCUT2D eigenvalue weighted by Gasteiger charge is 2.50. The minimum Gasteiger partial charge on any atom is -0.496 e. The summed E-state index contributed by atoms with van der Waals surface area (Å²) in [6, 6.07) is 117. The lowest BCUT2D eigenvalue weighted by atomic mass is 9.76. The van der Waals surface area contributed by atoms with Gasteiger partial charge in [-0.1, -0.05) is 168 Å². The van der Waals surface area contributed by atoms with E-state index in [1.165, 1.54) is 100 Å². The molecule has 6 aliphatic rings. The molecule has 15 aromatic carbocycles. The second-order valence-electron chi connectivity index (χ2n) is 34.9. The van der Waals surface area contributed by atoms with Crippen molar-refractivity contribution < 1.29 is 77.3 Å². The van der Waals surface area contributed by atoms with Gasteiger partial charge >= 0.3 is 43.0 Å². The maximum atomic E-state index is 6.36. The average molecular weight is 1980 g/mol. The van der Waals surface area contributed by atoms with Crippen LogP contribution in [0.4, 0.5) is 17.1 Å². The van der Waals surface area contributed by atoms with Gasteiger partial charge in [0.1, 0.15) is 97.7 Å². The molecule has 20 nitrogen and oxygen atoms in total. The van der Waals surface area contributed by atoms with Crippen molar-refractivity contribution in [1.82, 2.24) is 0 Å². The summed E-state index contributed by atoms with van der Waals surface area (Å²) in [6.07, 6.45) is 12.0. The van der Waals surface area contributed by atoms with Crippen LogP contribution in [0.1, 0.15) is 113 Å². The molecule has 3 fully saturated rings. The quantitative estimate of drug-likeness (QED) is 0.0376. The molecular weight excluding hydrogens is 1860 g/mol. The van der Waals surface area contributed by atoms with Crippen LogP contribution in [0.5, 0.6) is 97.7 Å². The summed E-state index contributed by atoms with van der Waals surface area (Å²) >= 11 is 0. The third-order valence-electron chi connectivity index (χ3n) is 24.7. The van der Waals surface area contributed by atoms with E-state index in [1.807, 2.05) is 327 Å². The number of ether oxygens (including phenoxy) is 2. The summed E-state index contributed by atoms with van der Waals surface area (Å²) < 4.78 is 102. The Morgan fingerprint density at radius 3 is 0.794 bits per heavy atom. The second-order valence-corrected chi connectivity index (χ2v) is 39.9. The van der Waals surface area contributed by atoms with Crippen LogP contribution in [0, 0.1) is 48.5 Å². The van der Waals surface area contributed by atoms with E-state index in [1.54, 1.807) is 14.2 Å². The van der Waals surface area contributed by atoms with E-state index in [4.69, 9.17) is 77.3 Å². The van der Waals surface area contributed by atoms with E-state index in [0.29, 0.717) is 34.5 Å². The Morgan fingerprint density at radius 2 is 0.504 bits per heavy atom. The van der Waals surface area contributed by atoms with Crippen molar-refractivity contribution in [1.29, 1.82) is 0 Å². The molecule has 1 spiro atoms. The molecule has 0 bridgehead atoms. The van der Waals surface area contributed by atoms with Crippen molar-refractivity contribution in [2.75, 3.05) is 68.2 Å². The summed E-state index contributed by atoms with van der Waals surface area (Å²) in [5.41, 5.74) is 17.2. The first kappa shape index (κ1) is 99.0. The van der Waals surface area contributed by atoms with Gasteiger partial charge in [0.05, 0.1) is 14.2 Å². The molecule has 15 aromatic rings. The third kappa shape index (κ3) is 27.6. The number of nitrogens with zero attached hydrogens (tertiary/aromatic N) is 3. The molecule has 25 heteroatoms. The lowest BCUT2D eigenvalue weighted by molar-refractivity contribution is 0.364. The van der Waals surface area contributed by atoms with Crippen LogP contribution in [0.2, 0.25) is 0 Å². The number of anilines is 3. The molecule has 724 valence electrons. The van der Waals surface area contributed by atoms with Crippen LogP contribution in [-0.4, -0.2) is 53.5 Å². The van der Waals surface area contributed by atoms with Crippen LogP contribution >= 0.6 is 43.0 Å². The van der Waals surface area contributed by atoms with Gasteiger partial charge in [-0.05, 0) is 340 Å². The fourth-order valence-corrected chi connectivity index (χ4v) is 22.1. The molecule has 21 rings (SSSR count).